The average Bonchev–Trinajstić information content (AvgIpc) is 3.10. The monoisotopic (exact) mass is 481 g/mol. The van der Waals surface area contributed by atoms with Crippen LogP contribution >= 0.6 is 54.5 Å². The van der Waals surface area contributed by atoms with Gasteiger partial charge in [0.15, 0.2) is 5.58 Å². The largest absolute Gasteiger partial charge is 0.440 e. The van der Waals surface area contributed by atoms with Crippen molar-refractivity contribution in [1.29, 1.82) is 0 Å². The van der Waals surface area contributed by atoms with Crippen molar-refractivity contribution < 1.29 is 17.6 Å². The van der Waals surface area contributed by atoms with Crippen LogP contribution in [0.3, 0.4) is 0 Å². The summed E-state index contributed by atoms with van der Waals surface area (Å²) >= 11 is 9.26. The third-order valence-electron chi connectivity index (χ3n) is 3.23. The number of rotatable bonds is 1. The molecule has 0 spiro atoms. The highest BCUT2D eigenvalue weighted by atomic mass is 79.9. The Bertz CT molecular complexity index is 1060. The normalized spacial score (nSPS) is 16.7. The maximum Gasteiger partial charge on any atom is 0.306 e. The fraction of sp³-hybridized carbons (Fsp3) is 0.0833. The van der Waals surface area contributed by atoms with Crippen LogP contribution in [0.5, 0.6) is 0 Å². The van der Waals surface area contributed by atoms with Gasteiger partial charge in [0.2, 0.25) is 0 Å². The molecule has 0 saturated carbocycles. The van der Waals surface area contributed by atoms with E-state index in [2.05, 4.69) is 31.9 Å². The molecule has 0 N–H and O–H groups in total. The second kappa shape index (κ2) is 4.67. The fourth-order valence-corrected chi connectivity index (χ4v) is 7.89. The van der Waals surface area contributed by atoms with Crippen LogP contribution in [0.1, 0.15) is 15.2 Å². The Kier molecular flexibility index (Phi) is 3.16. The first-order valence-corrected chi connectivity index (χ1v) is 10.5. The molecule has 0 aliphatic carbocycles. The van der Waals surface area contributed by atoms with Crippen molar-refractivity contribution in [3.63, 3.8) is 0 Å². The van der Waals surface area contributed by atoms with Gasteiger partial charge in [0.1, 0.15) is 14.4 Å². The Morgan fingerprint density at radius 2 is 1.91 bits per heavy atom. The lowest BCUT2D eigenvalue weighted by Crippen LogP contribution is -2.29. The van der Waals surface area contributed by atoms with Gasteiger partial charge in [-0.2, -0.15) is 12.7 Å². The number of nitrogens with zero attached hydrogens (tertiary/aromatic N) is 1. The minimum atomic E-state index is -4.01. The van der Waals surface area contributed by atoms with Gasteiger partial charge in [-0.1, -0.05) is 0 Å². The van der Waals surface area contributed by atoms with E-state index in [-0.39, 0.29) is 10.7 Å². The minimum Gasteiger partial charge on any atom is -0.440 e. The van der Waals surface area contributed by atoms with Crippen LogP contribution in [-0.2, 0) is 10.0 Å². The van der Waals surface area contributed by atoms with E-state index in [1.807, 2.05) is 6.92 Å². The summed E-state index contributed by atoms with van der Waals surface area (Å²) in [5.74, 6) is -0.582. The first-order valence-electron chi connectivity index (χ1n) is 5.88. The van der Waals surface area contributed by atoms with Gasteiger partial charge in [-0.25, -0.2) is 0 Å². The number of carbonyl (C=O) groups is 1. The van der Waals surface area contributed by atoms with Gasteiger partial charge in [0.05, 0.1) is 9.17 Å². The van der Waals surface area contributed by atoms with Gasteiger partial charge >= 0.3 is 10.0 Å². The first-order chi connectivity index (χ1) is 10.3. The van der Waals surface area contributed by atoms with Crippen LogP contribution in [0, 0.1) is 6.92 Å². The van der Waals surface area contributed by atoms with E-state index in [1.54, 1.807) is 12.1 Å². The summed E-state index contributed by atoms with van der Waals surface area (Å²) in [5, 5.41) is 0.575. The summed E-state index contributed by atoms with van der Waals surface area (Å²) in [6.45, 7) is 1.85. The van der Waals surface area contributed by atoms with Gasteiger partial charge in [0.25, 0.3) is 11.0 Å². The smallest absolute Gasteiger partial charge is 0.306 e. The lowest BCUT2D eigenvalue weighted by atomic mass is 10.2. The van der Waals surface area contributed by atoms with Crippen molar-refractivity contribution in [2.45, 2.75) is 12.0 Å². The summed E-state index contributed by atoms with van der Waals surface area (Å²) < 4.78 is 33.0. The highest BCUT2D eigenvalue weighted by molar-refractivity contribution is 9.12. The molecule has 4 rings (SSSR count). The predicted octanol–water partition coefficient (Wildman–Crippen LogP) is 4.74. The number of aryl methyl sites for hydroxylation is 1. The van der Waals surface area contributed by atoms with E-state index < -0.39 is 15.9 Å². The molecule has 4 heterocycles. The van der Waals surface area contributed by atoms with Gasteiger partial charge in [-0.05, 0) is 50.9 Å². The Morgan fingerprint density at radius 3 is 2.55 bits per heavy atom. The second-order valence-corrected chi connectivity index (χ2v) is 11.2. The molecule has 114 valence electrons. The van der Waals surface area contributed by atoms with Crippen LogP contribution in [-0.4, -0.2) is 14.3 Å². The number of anilines is 1. The number of halogens is 2. The van der Waals surface area contributed by atoms with Gasteiger partial charge < -0.3 is 4.42 Å². The fourth-order valence-electron chi connectivity index (χ4n) is 2.33. The summed E-state index contributed by atoms with van der Waals surface area (Å²) in [5.41, 5.74) is 0.468. The molecular weight excluding hydrogens is 478 g/mol. The van der Waals surface area contributed by atoms with Crippen molar-refractivity contribution in [2.75, 3.05) is 4.31 Å². The van der Waals surface area contributed by atoms with Crippen molar-refractivity contribution >= 4 is 86.4 Å². The molecule has 1 aliphatic rings. The summed E-state index contributed by atoms with van der Waals surface area (Å²) in [4.78, 5) is 13.6. The molecule has 5 nitrogen and oxygen atoms in total. The van der Waals surface area contributed by atoms with E-state index in [0.29, 0.717) is 23.5 Å². The molecule has 22 heavy (non-hydrogen) atoms. The predicted molar refractivity (Wildman–Crippen MR) is 92.5 cm³/mol. The number of carbonyl (C=O) groups excluding carboxylic acids is 1. The number of amides is 1. The molecule has 0 bridgehead atoms. The molecular formula is C12H5Br2NO4S3. The van der Waals surface area contributed by atoms with Gasteiger partial charge in [-0.15, -0.1) is 22.7 Å². The number of hydrogen-bond acceptors (Lipinski definition) is 6. The second-order valence-electron chi connectivity index (χ2n) is 4.58. The molecule has 0 saturated heterocycles. The van der Waals surface area contributed by atoms with Crippen LogP contribution < -0.4 is 4.31 Å². The van der Waals surface area contributed by atoms with Crippen molar-refractivity contribution in [1.82, 2.24) is 0 Å². The highest BCUT2D eigenvalue weighted by Gasteiger charge is 2.49. The van der Waals surface area contributed by atoms with E-state index in [1.165, 1.54) is 22.7 Å². The van der Waals surface area contributed by atoms with Crippen LogP contribution in [0.15, 0.2) is 29.2 Å². The zero-order valence-corrected chi connectivity index (χ0v) is 16.3. The maximum absolute atomic E-state index is 12.7. The van der Waals surface area contributed by atoms with E-state index in [0.717, 1.165) is 9.18 Å². The van der Waals surface area contributed by atoms with Crippen LogP contribution in [0.4, 0.5) is 5.00 Å². The van der Waals surface area contributed by atoms with Crippen molar-refractivity contribution in [2.24, 2.45) is 0 Å². The Hall–Kier alpha value is -0.680. The zero-order valence-electron chi connectivity index (χ0n) is 10.7. The molecule has 1 amide bonds. The third kappa shape index (κ3) is 1.78. The number of thiophene rings is 2. The maximum atomic E-state index is 12.7. The molecule has 0 aromatic carbocycles. The topological polar surface area (TPSA) is 67.6 Å². The van der Waals surface area contributed by atoms with Crippen LogP contribution in [0.2, 0.25) is 0 Å². The molecule has 3 aromatic rings. The van der Waals surface area contributed by atoms with Gasteiger partial charge in [0, 0.05) is 4.88 Å². The van der Waals surface area contributed by atoms with Crippen LogP contribution in [0.25, 0.3) is 11.0 Å². The average molecular weight is 483 g/mol. The Morgan fingerprint density at radius 1 is 1.18 bits per heavy atom. The zero-order chi connectivity index (χ0) is 15.8. The quantitative estimate of drug-likeness (QED) is 0.502. The molecule has 3 aromatic heterocycles. The van der Waals surface area contributed by atoms with E-state index >= 15 is 0 Å². The van der Waals surface area contributed by atoms with Crippen molar-refractivity contribution in [3.05, 3.63) is 30.1 Å². The number of furan rings is 1. The minimum absolute atomic E-state index is 0.0925. The summed E-state index contributed by atoms with van der Waals surface area (Å²) in [6.07, 6.45) is 0. The van der Waals surface area contributed by atoms with E-state index in [4.69, 9.17) is 4.42 Å². The Labute approximate surface area is 149 Å². The molecule has 0 fully saturated rings. The summed E-state index contributed by atoms with van der Waals surface area (Å²) in [7, 11) is -4.01. The molecule has 0 radical (unpaired) electrons. The Balaban J connectivity index is 2.04. The molecule has 0 atom stereocenters. The van der Waals surface area contributed by atoms with Crippen molar-refractivity contribution in [3.8, 4) is 0 Å². The SMILES string of the molecule is Cc1ccc(N2C(=O)c3c(oc4c(Br)sc(Br)c34)S2(=O)=O)s1. The molecule has 10 heteroatoms. The highest BCUT2D eigenvalue weighted by Crippen LogP contribution is 2.49. The number of hydrogen-bond donors (Lipinski definition) is 0. The number of fused-ring (bicyclic) bond motifs is 3. The molecule has 1 aliphatic heterocycles. The molecule has 0 unspecified atom stereocenters. The lowest BCUT2D eigenvalue weighted by molar-refractivity contribution is 0.101. The standard InChI is InChI=1S/C12H5Br2NO4S3/c1-4-2-3-5(20-4)15-11(16)7-6-8(10(14)21-9(6)13)19-12(7)22(15,17)18/h2-3H,1H3. The van der Waals surface area contributed by atoms with E-state index in [9.17, 15) is 13.2 Å². The van der Waals surface area contributed by atoms with Gasteiger partial charge in [-0.3, -0.25) is 4.79 Å². The first kappa shape index (κ1) is 14.9. The summed E-state index contributed by atoms with van der Waals surface area (Å²) in [6, 6.07) is 3.40. The lowest BCUT2D eigenvalue weighted by Gasteiger charge is -2.11. The number of sulfonamides is 1. The third-order valence-corrected chi connectivity index (χ3v) is 8.41.